The maximum absolute atomic E-state index is 12.7. The Kier molecular flexibility index (Phi) is 4.34. The van der Waals surface area contributed by atoms with Gasteiger partial charge in [-0.05, 0) is 38.1 Å². The van der Waals surface area contributed by atoms with Crippen LogP contribution in [0.3, 0.4) is 0 Å². The molecule has 0 unspecified atom stereocenters. The summed E-state index contributed by atoms with van der Waals surface area (Å²) in [6, 6.07) is 6.98. The Morgan fingerprint density at radius 2 is 1.73 bits per heavy atom. The third kappa shape index (κ3) is 2.95. The van der Waals surface area contributed by atoms with Gasteiger partial charge in [0.15, 0.2) is 6.04 Å². The van der Waals surface area contributed by atoms with Crippen molar-refractivity contribution in [3.63, 3.8) is 0 Å². The number of hydrogen-bond donors (Lipinski definition) is 1. The standard InChI is InChI=1S/C16H19BrN2O3/c1-10-8-18(9-11(2)22-10)14-7-15(20)19(16(14)21)13-5-3-12(17)4-6-13/h3-6,10-11,14H,7-9H2,1-2H3/p+1/t10-,11-,14+/m0/s1. The van der Waals surface area contributed by atoms with Crippen molar-refractivity contribution in [3.05, 3.63) is 28.7 Å². The highest BCUT2D eigenvalue weighted by molar-refractivity contribution is 9.10. The number of hydrogen-bond acceptors (Lipinski definition) is 3. The number of nitrogens with zero attached hydrogens (tertiary/aromatic N) is 1. The minimum atomic E-state index is -0.287. The summed E-state index contributed by atoms with van der Waals surface area (Å²) in [5, 5.41) is 0. The summed E-state index contributed by atoms with van der Waals surface area (Å²) in [6.07, 6.45) is 0.510. The van der Waals surface area contributed by atoms with Crippen LogP contribution in [-0.4, -0.2) is 43.2 Å². The first kappa shape index (κ1) is 15.6. The van der Waals surface area contributed by atoms with Crippen molar-refractivity contribution < 1.29 is 19.2 Å². The van der Waals surface area contributed by atoms with Gasteiger partial charge in [-0.25, -0.2) is 4.90 Å². The maximum atomic E-state index is 12.7. The molecule has 0 spiro atoms. The normalized spacial score (nSPS) is 32.6. The first-order valence-electron chi connectivity index (χ1n) is 7.58. The van der Waals surface area contributed by atoms with Crippen molar-refractivity contribution in [1.29, 1.82) is 0 Å². The lowest BCUT2D eigenvalue weighted by molar-refractivity contribution is -0.929. The topological polar surface area (TPSA) is 51.0 Å². The Bertz CT molecular complexity index is 580. The molecule has 6 heteroatoms. The van der Waals surface area contributed by atoms with Crippen LogP contribution in [0.2, 0.25) is 0 Å². The van der Waals surface area contributed by atoms with Crippen molar-refractivity contribution in [2.75, 3.05) is 18.0 Å². The number of ether oxygens (including phenoxy) is 1. The first-order valence-corrected chi connectivity index (χ1v) is 8.37. The monoisotopic (exact) mass is 367 g/mol. The van der Waals surface area contributed by atoms with Crippen molar-refractivity contribution in [2.24, 2.45) is 0 Å². The fourth-order valence-corrected chi connectivity index (χ4v) is 3.68. The molecular weight excluding hydrogens is 348 g/mol. The second kappa shape index (κ2) is 6.10. The molecule has 22 heavy (non-hydrogen) atoms. The Hall–Kier alpha value is -1.24. The predicted octanol–water partition coefficient (Wildman–Crippen LogP) is 0.773. The van der Waals surface area contributed by atoms with Crippen LogP contribution in [-0.2, 0) is 14.3 Å². The third-order valence-electron chi connectivity index (χ3n) is 4.29. The molecule has 2 aliphatic rings. The fraction of sp³-hybridized carbons (Fsp3) is 0.500. The van der Waals surface area contributed by atoms with Crippen LogP contribution in [0.4, 0.5) is 5.69 Å². The Balaban J connectivity index is 1.80. The largest absolute Gasteiger partial charge is 0.364 e. The predicted molar refractivity (Wildman–Crippen MR) is 85.7 cm³/mol. The van der Waals surface area contributed by atoms with Gasteiger partial charge in [0.1, 0.15) is 25.3 Å². The van der Waals surface area contributed by atoms with E-state index in [0.717, 1.165) is 22.5 Å². The molecule has 2 fully saturated rings. The molecule has 118 valence electrons. The summed E-state index contributed by atoms with van der Waals surface area (Å²) in [5.41, 5.74) is 0.648. The second-order valence-corrected chi connectivity index (χ2v) is 7.04. The molecule has 3 atom stereocenters. The van der Waals surface area contributed by atoms with E-state index in [0.29, 0.717) is 5.69 Å². The van der Waals surface area contributed by atoms with Crippen LogP contribution in [0.1, 0.15) is 20.3 Å². The van der Waals surface area contributed by atoms with E-state index in [1.165, 1.54) is 4.90 Å². The number of carbonyl (C=O) groups is 2. The van der Waals surface area contributed by atoms with Crippen molar-refractivity contribution in [2.45, 2.75) is 38.5 Å². The average Bonchev–Trinajstić information content (AvgIpc) is 2.74. The lowest BCUT2D eigenvalue weighted by Crippen LogP contribution is -3.19. The molecule has 0 aromatic heterocycles. The summed E-state index contributed by atoms with van der Waals surface area (Å²) in [6.45, 7) is 5.57. The fourth-order valence-electron chi connectivity index (χ4n) is 3.41. The average molecular weight is 368 g/mol. The van der Waals surface area contributed by atoms with E-state index in [1.54, 1.807) is 12.1 Å². The summed E-state index contributed by atoms with van der Waals surface area (Å²) >= 11 is 3.37. The van der Waals surface area contributed by atoms with E-state index in [4.69, 9.17) is 4.74 Å². The summed E-state index contributed by atoms with van der Waals surface area (Å²) in [4.78, 5) is 27.6. The zero-order valence-corrected chi connectivity index (χ0v) is 14.3. The van der Waals surface area contributed by atoms with Crippen LogP contribution in [0, 0.1) is 0 Å². The molecule has 0 radical (unpaired) electrons. The Morgan fingerprint density at radius 1 is 1.14 bits per heavy atom. The molecule has 0 saturated carbocycles. The van der Waals surface area contributed by atoms with Crippen LogP contribution >= 0.6 is 15.9 Å². The van der Waals surface area contributed by atoms with Gasteiger partial charge in [-0.15, -0.1) is 0 Å². The van der Waals surface area contributed by atoms with E-state index in [1.807, 2.05) is 26.0 Å². The maximum Gasteiger partial charge on any atom is 0.292 e. The number of quaternary nitrogens is 1. The van der Waals surface area contributed by atoms with Gasteiger partial charge in [-0.1, -0.05) is 15.9 Å². The molecule has 5 nitrogen and oxygen atoms in total. The zero-order valence-electron chi connectivity index (χ0n) is 12.7. The SMILES string of the molecule is C[C@H]1C[NH+]([C@@H]2CC(=O)N(c3ccc(Br)cc3)C2=O)C[C@H](C)O1. The number of benzene rings is 1. The number of morpholine rings is 1. The number of carbonyl (C=O) groups excluding carboxylic acids is 2. The van der Waals surface area contributed by atoms with Gasteiger partial charge in [-0.2, -0.15) is 0 Å². The molecule has 0 aliphatic carbocycles. The van der Waals surface area contributed by atoms with Gasteiger partial charge in [0.2, 0.25) is 5.91 Å². The molecule has 2 amide bonds. The van der Waals surface area contributed by atoms with Crippen molar-refractivity contribution in [1.82, 2.24) is 0 Å². The number of nitrogens with one attached hydrogen (secondary N) is 1. The molecule has 3 rings (SSSR count). The van der Waals surface area contributed by atoms with E-state index < -0.39 is 0 Å². The first-order chi connectivity index (χ1) is 10.5. The molecular formula is C16H20BrN2O3+. The van der Waals surface area contributed by atoms with Gasteiger partial charge in [0.25, 0.3) is 5.91 Å². The third-order valence-corrected chi connectivity index (χ3v) is 4.82. The highest BCUT2D eigenvalue weighted by Crippen LogP contribution is 2.24. The minimum absolute atomic E-state index is 0.0939. The van der Waals surface area contributed by atoms with Gasteiger partial charge in [-0.3, -0.25) is 9.59 Å². The number of imide groups is 1. The smallest absolute Gasteiger partial charge is 0.292 e. The van der Waals surface area contributed by atoms with E-state index >= 15 is 0 Å². The van der Waals surface area contributed by atoms with Gasteiger partial charge in [0, 0.05) is 4.47 Å². The molecule has 2 saturated heterocycles. The minimum Gasteiger partial charge on any atom is -0.364 e. The van der Waals surface area contributed by atoms with E-state index in [-0.39, 0.29) is 36.5 Å². The number of halogens is 1. The van der Waals surface area contributed by atoms with Crippen LogP contribution in [0.15, 0.2) is 28.7 Å². The second-order valence-electron chi connectivity index (χ2n) is 6.12. The number of anilines is 1. The van der Waals surface area contributed by atoms with Crippen LogP contribution < -0.4 is 9.80 Å². The van der Waals surface area contributed by atoms with Gasteiger partial charge in [0.05, 0.1) is 12.1 Å². The quantitative estimate of drug-likeness (QED) is 0.785. The van der Waals surface area contributed by atoms with Crippen LogP contribution in [0.5, 0.6) is 0 Å². The summed E-state index contributed by atoms with van der Waals surface area (Å²) in [5.74, 6) is -0.208. The lowest BCUT2D eigenvalue weighted by Gasteiger charge is -2.34. The van der Waals surface area contributed by atoms with Gasteiger partial charge >= 0.3 is 0 Å². The molecule has 1 aromatic rings. The molecule has 1 N–H and O–H groups in total. The molecule has 2 aliphatic heterocycles. The molecule has 2 heterocycles. The Morgan fingerprint density at radius 3 is 2.32 bits per heavy atom. The van der Waals surface area contributed by atoms with Crippen molar-refractivity contribution in [3.8, 4) is 0 Å². The summed E-state index contributed by atoms with van der Waals surface area (Å²) in [7, 11) is 0. The zero-order chi connectivity index (χ0) is 15.9. The molecule has 1 aromatic carbocycles. The number of rotatable bonds is 2. The Labute approximate surface area is 138 Å². The van der Waals surface area contributed by atoms with E-state index in [2.05, 4.69) is 15.9 Å². The van der Waals surface area contributed by atoms with E-state index in [9.17, 15) is 9.59 Å². The van der Waals surface area contributed by atoms with Crippen molar-refractivity contribution >= 4 is 33.4 Å². The molecule has 0 bridgehead atoms. The van der Waals surface area contributed by atoms with Gasteiger partial charge < -0.3 is 9.64 Å². The summed E-state index contributed by atoms with van der Waals surface area (Å²) < 4.78 is 6.65. The highest BCUT2D eigenvalue weighted by Gasteiger charge is 2.47. The number of amides is 2. The highest BCUT2D eigenvalue weighted by atomic mass is 79.9. The van der Waals surface area contributed by atoms with Crippen LogP contribution in [0.25, 0.3) is 0 Å². The lowest BCUT2D eigenvalue weighted by atomic mass is 10.1.